The molecule has 0 spiro atoms. The first-order valence-corrected chi connectivity index (χ1v) is 5.87. The molecule has 0 aliphatic carbocycles. The number of thiazole rings is 1. The average Bonchev–Trinajstić information content (AvgIpc) is 2.61. The highest BCUT2D eigenvalue weighted by atomic mass is 35.5. The predicted octanol–water partition coefficient (Wildman–Crippen LogP) is 3.37. The maximum Gasteiger partial charge on any atom is 0.171 e. The highest BCUT2D eigenvalue weighted by molar-refractivity contribution is 7.17. The summed E-state index contributed by atoms with van der Waals surface area (Å²) in [5, 5.41) is 1.34. The largest absolute Gasteiger partial charge is 0.294 e. The van der Waals surface area contributed by atoms with Gasteiger partial charge in [-0.3, -0.25) is 9.78 Å². The molecule has 2 rings (SSSR count). The van der Waals surface area contributed by atoms with Crippen LogP contribution in [0.2, 0.25) is 5.02 Å². The van der Waals surface area contributed by atoms with E-state index in [1.807, 2.05) is 6.92 Å². The van der Waals surface area contributed by atoms with Crippen LogP contribution in [0.5, 0.6) is 0 Å². The zero-order valence-corrected chi connectivity index (χ0v) is 10.4. The molecule has 0 amide bonds. The summed E-state index contributed by atoms with van der Waals surface area (Å²) in [6.07, 6.45) is 1.57. The highest BCUT2D eigenvalue weighted by Gasteiger charge is 2.13. The summed E-state index contributed by atoms with van der Waals surface area (Å²) in [5.41, 5.74) is 1.49. The monoisotopic (exact) mass is 252 g/mol. The van der Waals surface area contributed by atoms with Crippen molar-refractivity contribution >= 4 is 28.7 Å². The molecule has 0 bridgehead atoms. The van der Waals surface area contributed by atoms with E-state index in [2.05, 4.69) is 9.97 Å². The molecule has 2 aromatic rings. The number of carbonyl (C=O) groups is 1. The minimum absolute atomic E-state index is 0.0372. The molecule has 3 nitrogen and oxygen atoms in total. The third-order valence-electron chi connectivity index (χ3n) is 2.06. The summed E-state index contributed by atoms with van der Waals surface area (Å²) in [4.78, 5) is 20.5. The fraction of sp³-hybridized carbons (Fsp3) is 0.182. The Hall–Kier alpha value is -1.26. The number of halogens is 1. The molecule has 0 atom stereocenters. The Morgan fingerprint density at radius 3 is 2.69 bits per heavy atom. The number of ketones is 1. The van der Waals surface area contributed by atoms with Gasteiger partial charge in [0.15, 0.2) is 5.78 Å². The first-order chi connectivity index (χ1) is 7.58. The summed E-state index contributed by atoms with van der Waals surface area (Å²) < 4.78 is 0. The van der Waals surface area contributed by atoms with Crippen molar-refractivity contribution in [1.82, 2.24) is 9.97 Å². The lowest BCUT2D eigenvalue weighted by molar-refractivity contribution is 0.102. The van der Waals surface area contributed by atoms with E-state index in [9.17, 15) is 4.79 Å². The average molecular weight is 253 g/mol. The van der Waals surface area contributed by atoms with Gasteiger partial charge in [-0.2, -0.15) is 0 Å². The quantitative estimate of drug-likeness (QED) is 0.770. The van der Waals surface area contributed by atoms with Crippen LogP contribution in [-0.4, -0.2) is 15.8 Å². The molecule has 0 radical (unpaired) electrons. The number of Topliss-reactive ketones (excluding diaryl/α,β-unsaturated/α-hetero) is 1. The molecule has 2 aromatic heterocycles. The molecule has 0 N–H and O–H groups in total. The molecule has 0 aromatic carbocycles. The smallest absolute Gasteiger partial charge is 0.171 e. The van der Waals surface area contributed by atoms with Crippen molar-refractivity contribution in [2.75, 3.05) is 0 Å². The van der Waals surface area contributed by atoms with Crippen molar-refractivity contribution < 1.29 is 4.79 Å². The standard InChI is InChI=1S/C11H9ClN2OS/c1-6-10(7(2)15)16-11(14-6)9-4-3-8(12)5-13-9/h3-5H,1-2H3. The number of nitrogens with zero attached hydrogens (tertiary/aromatic N) is 2. The van der Waals surface area contributed by atoms with Gasteiger partial charge in [0.05, 0.1) is 21.3 Å². The Kier molecular flexibility index (Phi) is 3.03. The van der Waals surface area contributed by atoms with Crippen LogP contribution in [0.25, 0.3) is 10.7 Å². The summed E-state index contributed by atoms with van der Waals surface area (Å²) in [6.45, 7) is 3.37. The lowest BCUT2D eigenvalue weighted by Crippen LogP contribution is -1.89. The number of pyridine rings is 1. The Morgan fingerprint density at radius 1 is 1.44 bits per heavy atom. The van der Waals surface area contributed by atoms with Gasteiger partial charge in [-0.15, -0.1) is 11.3 Å². The Balaban J connectivity index is 2.45. The molecule has 16 heavy (non-hydrogen) atoms. The van der Waals surface area contributed by atoms with E-state index in [1.54, 1.807) is 25.3 Å². The van der Waals surface area contributed by atoms with Gasteiger partial charge in [0.1, 0.15) is 5.01 Å². The third-order valence-corrected chi connectivity index (χ3v) is 3.57. The van der Waals surface area contributed by atoms with Gasteiger partial charge in [-0.1, -0.05) is 11.6 Å². The first kappa shape index (κ1) is 11.2. The number of hydrogen-bond acceptors (Lipinski definition) is 4. The fourth-order valence-electron chi connectivity index (χ4n) is 1.33. The molecule has 0 unspecified atom stereocenters. The zero-order chi connectivity index (χ0) is 11.7. The van der Waals surface area contributed by atoms with Crippen LogP contribution in [0.3, 0.4) is 0 Å². The number of aryl methyl sites for hydroxylation is 1. The van der Waals surface area contributed by atoms with E-state index < -0.39 is 0 Å². The van der Waals surface area contributed by atoms with E-state index in [0.29, 0.717) is 9.90 Å². The number of aromatic nitrogens is 2. The van der Waals surface area contributed by atoms with Crippen molar-refractivity contribution in [3.63, 3.8) is 0 Å². The molecule has 5 heteroatoms. The fourth-order valence-corrected chi connectivity index (χ4v) is 2.39. The van der Waals surface area contributed by atoms with Crippen LogP contribution in [0.1, 0.15) is 22.3 Å². The van der Waals surface area contributed by atoms with Gasteiger partial charge < -0.3 is 0 Å². The third kappa shape index (κ3) is 2.13. The van der Waals surface area contributed by atoms with Crippen LogP contribution < -0.4 is 0 Å². The topological polar surface area (TPSA) is 42.9 Å². The summed E-state index contributed by atoms with van der Waals surface area (Å²) >= 11 is 7.11. The molecular weight excluding hydrogens is 244 g/mol. The molecule has 2 heterocycles. The van der Waals surface area contributed by atoms with Crippen molar-refractivity contribution in [2.45, 2.75) is 13.8 Å². The number of carbonyl (C=O) groups excluding carboxylic acids is 1. The summed E-state index contributed by atoms with van der Waals surface area (Å²) in [6, 6.07) is 3.55. The van der Waals surface area contributed by atoms with E-state index in [0.717, 1.165) is 16.4 Å². The van der Waals surface area contributed by atoms with Gasteiger partial charge in [0.2, 0.25) is 0 Å². The van der Waals surface area contributed by atoms with E-state index >= 15 is 0 Å². The normalized spacial score (nSPS) is 10.4. The molecule has 0 saturated heterocycles. The van der Waals surface area contributed by atoms with Gasteiger partial charge in [-0.05, 0) is 19.1 Å². The van der Waals surface area contributed by atoms with E-state index in [4.69, 9.17) is 11.6 Å². The zero-order valence-electron chi connectivity index (χ0n) is 8.82. The van der Waals surface area contributed by atoms with Gasteiger partial charge in [0.25, 0.3) is 0 Å². The second-order valence-corrected chi connectivity index (χ2v) is 4.79. The van der Waals surface area contributed by atoms with Gasteiger partial charge in [0, 0.05) is 13.1 Å². The van der Waals surface area contributed by atoms with Crippen LogP contribution >= 0.6 is 22.9 Å². The second kappa shape index (κ2) is 4.31. The van der Waals surface area contributed by atoms with Crippen LogP contribution in [0.4, 0.5) is 0 Å². The first-order valence-electron chi connectivity index (χ1n) is 4.68. The van der Waals surface area contributed by atoms with Crippen molar-refractivity contribution in [2.24, 2.45) is 0 Å². The maximum atomic E-state index is 11.3. The lowest BCUT2D eigenvalue weighted by Gasteiger charge is -1.93. The summed E-state index contributed by atoms with van der Waals surface area (Å²) in [7, 11) is 0. The second-order valence-electron chi connectivity index (χ2n) is 3.35. The van der Waals surface area contributed by atoms with Crippen molar-refractivity contribution in [3.8, 4) is 10.7 Å². The maximum absolute atomic E-state index is 11.3. The molecular formula is C11H9ClN2OS. The van der Waals surface area contributed by atoms with E-state index in [-0.39, 0.29) is 5.78 Å². The Bertz CT molecular complexity index is 533. The molecule has 0 aliphatic heterocycles. The van der Waals surface area contributed by atoms with Crippen LogP contribution in [-0.2, 0) is 0 Å². The molecule has 0 aliphatic rings. The molecule has 0 saturated carbocycles. The predicted molar refractivity (Wildman–Crippen MR) is 65.1 cm³/mol. The van der Waals surface area contributed by atoms with Crippen LogP contribution in [0, 0.1) is 6.92 Å². The highest BCUT2D eigenvalue weighted by Crippen LogP contribution is 2.27. The lowest BCUT2D eigenvalue weighted by atomic mass is 10.3. The minimum Gasteiger partial charge on any atom is -0.294 e. The van der Waals surface area contributed by atoms with E-state index in [1.165, 1.54) is 11.3 Å². The summed E-state index contributed by atoms with van der Waals surface area (Å²) in [5.74, 6) is 0.0372. The van der Waals surface area contributed by atoms with Gasteiger partial charge in [-0.25, -0.2) is 4.98 Å². The number of hydrogen-bond donors (Lipinski definition) is 0. The SMILES string of the molecule is CC(=O)c1sc(-c2ccc(Cl)cn2)nc1C. The van der Waals surface area contributed by atoms with Gasteiger partial charge >= 0.3 is 0 Å². The van der Waals surface area contributed by atoms with Crippen molar-refractivity contribution in [3.05, 3.63) is 33.9 Å². The Morgan fingerprint density at radius 2 is 2.19 bits per heavy atom. The molecule has 82 valence electrons. The molecule has 0 fully saturated rings. The van der Waals surface area contributed by atoms with Crippen molar-refractivity contribution in [1.29, 1.82) is 0 Å². The minimum atomic E-state index is 0.0372. The number of rotatable bonds is 2. The Labute approximate surface area is 102 Å². The van der Waals surface area contributed by atoms with Crippen LogP contribution in [0.15, 0.2) is 18.3 Å².